The van der Waals surface area contributed by atoms with Crippen LogP contribution in [0, 0.1) is 0 Å². The highest BCUT2D eigenvalue weighted by molar-refractivity contribution is 5.75. The molecule has 1 saturated heterocycles. The molecule has 13 heteroatoms. The molecule has 0 aliphatic carbocycles. The van der Waals surface area contributed by atoms with E-state index in [-0.39, 0.29) is 5.91 Å². The third kappa shape index (κ3) is 14.9. The molecule has 0 saturated carbocycles. The molecule has 1 aliphatic rings. The number of alkyl halides is 6. The van der Waals surface area contributed by atoms with Gasteiger partial charge in [-0.3, -0.25) is 9.69 Å². The third-order valence-electron chi connectivity index (χ3n) is 2.31. The largest absolute Gasteiger partial charge is 0.490 e. The van der Waals surface area contributed by atoms with Gasteiger partial charge in [0.1, 0.15) is 0 Å². The van der Waals surface area contributed by atoms with Crippen LogP contribution in [0.25, 0.3) is 0 Å². The lowest BCUT2D eigenvalue weighted by Crippen LogP contribution is -2.37. The van der Waals surface area contributed by atoms with E-state index in [4.69, 9.17) is 25.5 Å². The molecule has 7 nitrogen and oxygen atoms in total. The monoisotopic (exact) mass is 370 g/mol. The summed E-state index contributed by atoms with van der Waals surface area (Å²) in [4.78, 5) is 30.4. The van der Waals surface area contributed by atoms with E-state index in [2.05, 4.69) is 4.90 Å². The Balaban J connectivity index is 0. The van der Waals surface area contributed by atoms with Crippen LogP contribution in [0.5, 0.6) is 0 Å². The van der Waals surface area contributed by atoms with Gasteiger partial charge < -0.3 is 15.9 Å². The number of nitrogens with two attached hydrogens (primary N) is 1. The SMILES string of the molecule is NC(=O)CN1CCCCC1.O=C(O)C(F)(F)F.O=C(O)C(F)(F)F. The lowest BCUT2D eigenvalue weighted by molar-refractivity contribution is -0.193. The topological polar surface area (TPSA) is 121 Å². The van der Waals surface area contributed by atoms with Gasteiger partial charge in [0, 0.05) is 0 Å². The Morgan fingerprint density at radius 1 is 0.833 bits per heavy atom. The number of hydrogen-bond donors (Lipinski definition) is 3. The summed E-state index contributed by atoms with van der Waals surface area (Å²) in [6.45, 7) is 2.53. The molecule has 0 aromatic carbocycles. The van der Waals surface area contributed by atoms with Crippen molar-refractivity contribution in [2.24, 2.45) is 5.73 Å². The molecule has 1 amide bonds. The van der Waals surface area contributed by atoms with E-state index in [1.165, 1.54) is 19.3 Å². The maximum absolute atomic E-state index is 10.6. The van der Waals surface area contributed by atoms with Gasteiger partial charge in [0.15, 0.2) is 0 Å². The first-order valence-corrected chi connectivity index (χ1v) is 6.28. The lowest BCUT2D eigenvalue weighted by atomic mass is 10.1. The summed E-state index contributed by atoms with van der Waals surface area (Å²) >= 11 is 0. The number of amides is 1. The number of halogens is 6. The minimum absolute atomic E-state index is 0.207. The molecule has 0 aromatic rings. The molecule has 0 radical (unpaired) electrons. The summed E-state index contributed by atoms with van der Waals surface area (Å²) in [5.41, 5.74) is 5.04. The number of piperidine rings is 1. The van der Waals surface area contributed by atoms with Crippen LogP contribution in [0.1, 0.15) is 19.3 Å². The van der Waals surface area contributed by atoms with Gasteiger partial charge in [-0.1, -0.05) is 6.42 Å². The van der Waals surface area contributed by atoms with Gasteiger partial charge in [-0.2, -0.15) is 26.3 Å². The zero-order valence-corrected chi connectivity index (χ0v) is 12.2. The number of likely N-dealkylation sites (tertiary alicyclic amines) is 1. The van der Waals surface area contributed by atoms with Crippen LogP contribution in [-0.4, -0.2) is 64.9 Å². The fraction of sp³-hybridized carbons (Fsp3) is 0.727. The minimum atomic E-state index is -5.08. The van der Waals surface area contributed by atoms with Crippen molar-refractivity contribution in [2.75, 3.05) is 19.6 Å². The average molecular weight is 370 g/mol. The number of aliphatic carboxylic acids is 2. The first-order valence-electron chi connectivity index (χ1n) is 6.28. The van der Waals surface area contributed by atoms with Crippen LogP contribution >= 0.6 is 0 Å². The summed E-state index contributed by atoms with van der Waals surface area (Å²) < 4.78 is 63.5. The van der Waals surface area contributed by atoms with Crippen LogP contribution in [0.4, 0.5) is 26.3 Å². The van der Waals surface area contributed by atoms with Gasteiger partial charge >= 0.3 is 24.3 Å². The smallest absolute Gasteiger partial charge is 0.475 e. The Hall–Kier alpha value is -2.05. The van der Waals surface area contributed by atoms with Crippen LogP contribution in [0.2, 0.25) is 0 Å². The van der Waals surface area contributed by atoms with Crippen molar-refractivity contribution in [1.82, 2.24) is 4.90 Å². The normalized spacial score (nSPS) is 15.2. The first kappa shape index (κ1) is 24.2. The minimum Gasteiger partial charge on any atom is -0.475 e. The Morgan fingerprint density at radius 2 is 1.12 bits per heavy atom. The van der Waals surface area contributed by atoms with Gasteiger partial charge in [-0.05, 0) is 25.9 Å². The van der Waals surface area contributed by atoms with E-state index in [9.17, 15) is 31.1 Å². The number of primary amides is 1. The first-order chi connectivity index (χ1) is 10.7. The quantitative estimate of drug-likeness (QED) is 0.629. The number of nitrogens with zero attached hydrogens (tertiary/aromatic N) is 1. The van der Waals surface area contributed by atoms with Gasteiger partial charge in [0.2, 0.25) is 5.91 Å². The molecular formula is C11H16F6N2O5. The molecule has 0 aromatic heterocycles. The molecule has 1 aliphatic heterocycles. The number of rotatable bonds is 2. The van der Waals surface area contributed by atoms with E-state index in [1.807, 2.05) is 0 Å². The van der Waals surface area contributed by atoms with Gasteiger partial charge in [-0.25, -0.2) is 9.59 Å². The van der Waals surface area contributed by atoms with Crippen molar-refractivity contribution in [3.63, 3.8) is 0 Å². The molecule has 1 heterocycles. The van der Waals surface area contributed by atoms with E-state index < -0.39 is 24.3 Å². The number of carbonyl (C=O) groups is 3. The lowest BCUT2D eigenvalue weighted by Gasteiger charge is -2.24. The molecule has 0 bridgehead atoms. The van der Waals surface area contributed by atoms with Crippen LogP contribution in [0.3, 0.4) is 0 Å². The molecule has 142 valence electrons. The van der Waals surface area contributed by atoms with Crippen molar-refractivity contribution < 1.29 is 50.9 Å². The number of hydrogen-bond acceptors (Lipinski definition) is 4. The summed E-state index contributed by atoms with van der Waals surface area (Å²) in [7, 11) is 0. The van der Waals surface area contributed by atoms with Crippen molar-refractivity contribution in [3.05, 3.63) is 0 Å². The third-order valence-corrected chi connectivity index (χ3v) is 2.31. The second-order valence-electron chi connectivity index (χ2n) is 4.41. The van der Waals surface area contributed by atoms with Crippen molar-refractivity contribution >= 4 is 17.8 Å². The van der Waals surface area contributed by atoms with E-state index >= 15 is 0 Å². The molecule has 0 spiro atoms. The van der Waals surface area contributed by atoms with Crippen molar-refractivity contribution in [2.45, 2.75) is 31.6 Å². The molecular weight excluding hydrogens is 354 g/mol. The van der Waals surface area contributed by atoms with Gasteiger partial charge in [-0.15, -0.1) is 0 Å². The van der Waals surface area contributed by atoms with E-state index in [0.717, 1.165) is 13.1 Å². The summed E-state index contributed by atoms with van der Waals surface area (Å²) in [5.74, 6) is -5.72. The Kier molecular flexibility index (Phi) is 10.8. The molecule has 1 fully saturated rings. The highest BCUT2D eigenvalue weighted by Crippen LogP contribution is 2.13. The predicted octanol–water partition coefficient (Wildman–Crippen LogP) is 1.22. The Labute approximate surface area is 132 Å². The standard InChI is InChI=1S/C7H14N2O.2C2HF3O2/c8-7(10)6-9-4-2-1-3-5-9;2*3-2(4,5)1(6)7/h1-6H2,(H2,8,10);2*(H,6,7). The fourth-order valence-electron chi connectivity index (χ4n) is 1.34. The summed E-state index contributed by atoms with van der Waals surface area (Å²) in [6, 6.07) is 0. The molecule has 24 heavy (non-hydrogen) atoms. The maximum atomic E-state index is 10.6. The Bertz CT molecular complexity index is 394. The summed E-state index contributed by atoms with van der Waals surface area (Å²) in [5, 5.41) is 14.2. The van der Waals surface area contributed by atoms with E-state index in [1.54, 1.807) is 0 Å². The van der Waals surface area contributed by atoms with Crippen LogP contribution in [-0.2, 0) is 14.4 Å². The molecule has 1 rings (SSSR count). The fourth-order valence-corrected chi connectivity index (χ4v) is 1.34. The maximum Gasteiger partial charge on any atom is 0.490 e. The van der Waals surface area contributed by atoms with E-state index in [0.29, 0.717) is 6.54 Å². The van der Waals surface area contributed by atoms with Crippen molar-refractivity contribution in [3.8, 4) is 0 Å². The Morgan fingerprint density at radius 3 is 1.33 bits per heavy atom. The molecule has 4 N–H and O–H groups in total. The van der Waals surface area contributed by atoms with Gasteiger partial charge in [0.25, 0.3) is 0 Å². The predicted molar refractivity (Wildman–Crippen MR) is 66.9 cm³/mol. The van der Waals surface area contributed by atoms with Crippen LogP contribution in [0.15, 0.2) is 0 Å². The molecule has 0 atom stereocenters. The highest BCUT2D eigenvalue weighted by Gasteiger charge is 2.38. The van der Waals surface area contributed by atoms with Crippen LogP contribution < -0.4 is 5.73 Å². The zero-order chi connectivity index (χ0) is 19.6. The van der Waals surface area contributed by atoms with Gasteiger partial charge in [0.05, 0.1) is 6.54 Å². The number of carboxylic acids is 2. The zero-order valence-electron chi connectivity index (χ0n) is 12.2. The summed E-state index contributed by atoms with van der Waals surface area (Å²) in [6.07, 6.45) is -6.43. The number of carbonyl (C=O) groups excluding carboxylic acids is 1. The second-order valence-corrected chi connectivity index (χ2v) is 4.41. The average Bonchev–Trinajstić information content (AvgIpc) is 2.38. The highest BCUT2D eigenvalue weighted by atomic mass is 19.4. The molecule has 0 unspecified atom stereocenters. The number of carboxylic acid groups (broad SMARTS) is 2. The van der Waals surface area contributed by atoms with Crippen molar-refractivity contribution in [1.29, 1.82) is 0 Å². The second kappa shape index (κ2) is 10.7.